The fourth-order valence-corrected chi connectivity index (χ4v) is 1.68. The number of hydrogen-bond acceptors (Lipinski definition) is 5. The molecule has 0 saturated carbocycles. The molecule has 0 amide bonds. The second-order valence-electron chi connectivity index (χ2n) is 3.61. The summed E-state index contributed by atoms with van der Waals surface area (Å²) in [5.74, 6) is -0.0156. The van der Waals surface area contributed by atoms with Gasteiger partial charge in [-0.05, 0) is 32.9 Å². The number of Topliss-reactive ketones (excluding diaryl/α,β-unsaturated/α-hetero) is 2. The third kappa shape index (κ3) is 5.70. The molecule has 0 radical (unpaired) electrons. The van der Waals surface area contributed by atoms with Crippen molar-refractivity contribution >= 4 is 21.7 Å². The molecular weight excluding hydrogens is 256 g/mol. The average molecular weight is 272 g/mol. The van der Waals surface area contributed by atoms with Crippen molar-refractivity contribution in [3.05, 3.63) is 29.8 Å². The summed E-state index contributed by atoms with van der Waals surface area (Å²) in [5.41, 5.74) is 0.350. The third-order valence-corrected chi connectivity index (χ3v) is 3.02. The van der Waals surface area contributed by atoms with Gasteiger partial charge in [-0.1, -0.05) is 12.1 Å². The smallest absolute Gasteiger partial charge is 0.296 e. The molecule has 0 aliphatic rings. The van der Waals surface area contributed by atoms with Gasteiger partial charge in [-0.3, -0.25) is 8.98 Å². The van der Waals surface area contributed by atoms with Gasteiger partial charge >= 0.3 is 0 Å². The van der Waals surface area contributed by atoms with E-state index in [4.69, 9.17) is 0 Å². The van der Waals surface area contributed by atoms with Gasteiger partial charge in [0.05, 0.1) is 12.0 Å². The maximum atomic E-state index is 11.2. The lowest BCUT2D eigenvalue weighted by atomic mass is 10.2. The fourth-order valence-electron chi connectivity index (χ4n) is 0.967. The van der Waals surface area contributed by atoms with Crippen molar-refractivity contribution in [1.82, 2.24) is 0 Å². The number of carbonyl (C=O) groups is 2. The highest BCUT2D eigenvalue weighted by Gasteiger charge is 2.13. The van der Waals surface area contributed by atoms with Crippen LogP contribution >= 0.6 is 0 Å². The largest absolute Gasteiger partial charge is 0.300 e. The molecule has 6 heteroatoms. The van der Waals surface area contributed by atoms with Crippen molar-refractivity contribution in [1.29, 1.82) is 0 Å². The highest BCUT2D eigenvalue weighted by atomic mass is 32.2. The minimum absolute atomic E-state index is 0.00676. The molecule has 0 aliphatic heterocycles. The van der Waals surface area contributed by atoms with E-state index < -0.39 is 10.1 Å². The van der Waals surface area contributed by atoms with Gasteiger partial charge in [0.25, 0.3) is 10.1 Å². The number of benzene rings is 1. The first-order valence-corrected chi connectivity index (χ1v) is 6.50. The van der Waals surface area contributed by atoms with Crippen LogP contribution in [0.2, 0.25) is 0 Å². The summed E-state index contributed by atoms with van der Waals surface area (Å²) in [6, 6.07) is 5.73. The van der Waals surface area contributed by atoms with Crippen LogP contribution in [0.4, 0.5) is 0 Å². The molecule has 0 aromatic heterocycles. The first-order chi connectivity index (χ1) is 8.20. The second-order valence-corrected chi connectivity index (χ2v) is 5.33. The van der Waals surface area contributed by atoms with Crippen LogP contribution < -0.4 is 0 Å². The van der Waals surface area contributed by atoms with Crippen molar-refractivity contribution in [3.63, 3.8) is 0 Å². The molecule has 0 bridgehead atoms. The first kappa shape index (κ1) is 16.5. The summed E-state index contributed by atoms with van der Waals surface area (Å²) < 4.78 is 26.8. The lowest BCUT2D eigenvalue weighted by Crippen LogP contribution is -2.04. The molecule has 0 heterocycles. The van der Waals surface area contributed by atoms with E-state index >= 15 is 0 Å². The van der Waals surface area contributed by atoms with E-state index in [1.54, 1.807) is 6.07 Å². The van der Waals surface area contributed by atoms with Gasteiger partial charge in [-0.25, -0.2) is 0 Å². The topological polar surface area (TPSA) is 77.5 Å². The zero-order chi connectivity index (χ0) is 14.3. The first-order valence-electron chi connectivity index (χ1n) is 5.09. The maximum Gasteiger partial charge on any atom is 0.296 e. The Labute approximate surface area is 107 Å². The lowest BCUT2D eigenvalue weighted by Gasteiger charge is -2.02. The molecule has 1 aromatic carbocycles. The van der Waals surface area contributed by atoms with E-state index in [9.17, 15) is 18.0 Å². The van der Waals surface area contributed by atoms with E-state index in [0.29, 0.717) is 5.56 Å². The Hall–Kier alpha value is -1.53. The molecule has 0 unspecified atom stereocenters. The Morgan fingerprint density at radius 1 is 1.11 bits per heavy atom. The molecular formula is C12H16O5S. The minimum atomic E-state index is -3.71. The third-order valence-electron chi connectivity index (χ3n) is 1.75. The molecule has 0 spiro atoms. The molecule has 5 nitrogen and oxygen atoms in total. The summed E-state index contributed by atoms with van der Waals surface area (Å²) in [6.07, 6.45) is 0. The second kappa shape index (κ2) is 7.03. The van der Waals surface area contributed by atoms with Crippen LogP contribution in [0.3, 0.4) is 0 Å². The predicted octanol–water partition coefficient (Wildman–Crippen LogP) is 1.82. The summed E-state index contributed by atoms with van der Waals surface area (Å²) in [7, 11) is -2.63. The Kier molecular flexibility index (Phi) is 6.43. The SMILES string of the molecule is CC(C)=O.COS(=O)(=O)c1cccc(C(C)=O)c1. The average Bonchev–Trinajstić information content (AvgIpc) is 2.28. The predicted molar refractivity (Wildman–Crippen MR) is 67.0 cm³/mol. The summed E-state index contributed by atoms with van der Waals surface area (Å²) in [6.45, 7) is 4.43. The normalized spacial score (nSPS) is 10.2. The number of ketones is 2. The van der Waals surface area contributed by atoms with Crippen molar-refractivity contribution in [3.8, 4) is 0 Å². The van der Waals surface area contributed by atoms with Gasteiger partial charge in [0.2, 0.25) is 0 Å². The van der Waals surface area contributed by atoms with Crippen molar-refractivity contribution in [2.24, 2.45) is 0 Å². The van der Waals surface area contributed by atoms with Gasteiger partial charge in [0.15, 0.2) is 5.78 Å². The van der Waals surface area contributed by atoms with Crippen molar-refractivity contribution < 1.29 is 22.2 Å². The Morgan fingerprint density at radius 3 is 2.00 bits per heavy atom. The number of carbonyl (C=O) groups excluding carboxylic acids is 2. The van der Waals surface area contributed by atoms with Gasteiger partial charge in [0, 0.05) is 5.56 Å². The van der Waals surface area contributed by atoms with Crippen molar-refractivity contribution in [2.75, 3.05) is 7.11 Å². The van der Waals surface area contributed by atoms with Crippen LogP contribution in [0, 0.1) is 0 Å². The van der Waals surface area contributed by atoms with Gasteiger partial charge in [-0.15, -0.1) is 0 Å². The number of rotatable bonds is 3. The molecule has 1 rings (SSSR count). The lowest BCUT2D eigenvalue weighted by molar-refractivity contribution is -0.115. The quantitative estimate of drug-likeness (QED) is 0.619. The van der Waals surface area contributed by atoms with Gasteiger partial charge in [-0.2, -0.15) is 8.42 Å². The highest BCUT2D eigenvalue weighted by molar-refractivity contribution is 7.86. The monoisotopic (exact) mass is 272 g/mol. The molecule has 0 saturated heterocycles. The molecule has 0 fully saturated rings. The molecule has 0 N–H and O–H groups in total. The van der Waals surface area contributed by atoms with Crippen LogP contribution in [-0.2, 0) is 19.1 Å². The molecule has 0 aliphatic carbocycles. The van der Waals surface area contributed by atoms with E-state index in [2.05, 4.69) is 4.18 Å². The number of hydrogen-bond donors (Lipinski definition) is 0. The van der Waals surface area contributed by atoms with Crippen LogP contribution in [0.15, 0.2) is 29.2 Å². The van der Waals surface area contributed by atoms with E-state index in [-0.39, 0.29) is 16.5 Å². The Balaban J connectivity index is 0.000000631. The fraction of sp³-hybridized carbons (Fsp3) is 0.333. The summed E-state index contributed by atoms with van der Waals surface area (Å²) >= 11 is 0. The summed E-state index contributed by atoms with van der Waals surface area (Å²) in [4.78, 5) is 20.4. The summed E-state index contributed by atoms with van der Waals surface area (Å²) in [5, 5.41) is 0. The van der Waals surface area contributed by atoms with E-state index in [0.717, 1.165) is 7.11 Å². The Morgan fingerprint density at radius 2 is 1.61 bits per heavy atom. The molecule has 1 aromatic rings. The standard InChI is InChI=1S/C9H10O4S.C3H6O/c1-7(10)8-4-3-5-9(6-8)14(11,12)13-2;1-3(2)4/h3-6H,1-2H3;1-2H3. The molecule has 0 atom stereocenters. The van der Waals surface area contributed by atoms with Crippen molar-refractivity contribution in [2.45, 2.75) is 25.7 Å². The molecule has 18 heavy (non-hydrogen) atoms. The van der Waals surface area contributed by atoms with Gasteiger partial charge < -0.3 is 4.79 Å². The van der Waals surface area contributed by atoms with E-state index in [1.807, 2.05) is 0 Å². The van der Waals surface area contributed by atoms with Crippen LogP contribution in [-0.4, -0.2) is 27.1 Å². The van der Waals surface area contributed by atoms with Gasteiger partial charge in [0.1, 0.15) is 5.78 Å². The zero-order valence-electron chi connectivity index (χ0n) is 10.8. The molecule has 100 valence electrons. The van der Waals surface area contributed by atoms with Crippen LogP contribution in [0.5, 0.6) is 0 Å². The minimum Gasteiger partial charge on any atom is -0.300 e. The zero-order valence-corrected chi connectivity index (χ0v) is 11.6. The van der Waals surface area contributed by atoms with E-state index in [1.165, 1.54) is 39.0 Å². The van der Waals surface area contributed by atoms with Crippen LogP contribution in [0.25, 0.3) is 0 Å². The highest BCUT2D eigenvalue weighted by Crippen LogP contribution is 2.13. The van der Waals surface area contributed by atoms with Crippen LogP contribution in [0.1, 0.15) is 31.1 Å². The Bertz CT molecular complexity index is 527. The maximum absolute atomic E-state index is 11.2.